The van der Waals surface area contributed by atoms with E-state index < -0.39 is 0 Å². The van der Waals surface area contributed by atoms with E-state index in [0.717, 1.165) is 31.4 Å². The number of benzene rings is 1. The van der Waals surface area contributed by atoms with Crippen LogP contribution in [0, 0.1) is 0 Å². The molecule has 2 N–H and O–H groups in total. The minimum absolute atomic E-state index is 0.0481. The summed E-state index contributed by atoms with van der Waals surface area (Å²) in [4.78, 5) is 12.4. The predicted octanol–water partition coefficient (Wildman–Crippen LogP) is 3.11. The highest BCUT2D eigenvalue weighted by Crippen LogP contribution is 2.26. The van der Waals surface area contributed by atoms with E-state index in [9.17, 15) is 4.79 Å². The van der Waals surface area contributed by atoms with E-state index in [1.807, 2.05) is 18.2 Å². The van der Waals surface area contributed by atoms with Crippen molar-refractivity contribution in [3.05, 3.63) is 29.8 Å². The van der Waals surface area contributed by atoms with Crippen LogP contribution in [0.3, 0.4) is 0 Å². The van der Waals surface area contributed by atoms with Crippen LogP contribution >= 0.6 is 0 Å². The van der Waals surface area contributed by atoms with Crippen LogP contribution in [-0.2, 0) is 11.2 Å². The van der Waals surface area contributed by atoms with Gasteiger partial charge in [0.1, 0.15) is 6.04 Å². The molecule has 0 saturated heterocycles. The Morgan fingerprint density at radius 1 is 1.26 bits per heavy atom. The van der Waals surface area contributed by atoms with Crippen LogP contribution < -0.4 is 10.6 Å². The molecular weight excluding hydrogens is 236 g/mol. The molecule has 3 heteroatoms. The predicted molar refractivity (Wildman–Crippen MR) is 79.3 cm³/mol. The molecule has 1 aromatic carbocycles. The second kappa shape index (κ2) is 5.64. The average molecular weight is 260 g/mol. The van der Waals surface area contributed by atoms with Gasteiger partial charge in [-0.25, -0.2) is 0 Å². The molecule has 1 aromatic rings. The Morgan fingerprint density at radius 3 is 2.47 bits per heavy atom. The molecule has 3 nitrogen and oxygen atoms in total. The molecule has 0 bridgehead atoms. The van der Waals surface area contributed by atoms with Crippen molar-refractivity contribution < 1.29 is 4.79 Å². The number of amides is 1. The summed E-state index contributed by atoms with van der Waals surface area (Å²) < 4.78 is 0. The molecule has 1 amide bonds. The van der Waals surface area contributed by atoms with Gasteiger partial charge in [0.2, 0.25) is 5.91 Å². The molecule has 1 heterocycles. The van der Waals surface area contributed by atoms with Gasteiger partial charge in [0.05, 0.1) is 0 Å². The number of fused-ring (bicyclic) bond motifs is 1. The summed E-state index contributed by atoms with van der Waals surface area (Å²) in [5.41, 5.74) is 2.28. The van der Waals surface area contributed by atoms with E-state index in [4.69, 9.17) is 0 Å². The summed E-state index contributed by atoms with van der Waals surface area (Å²) in [6, 6.07) is 8.02. The van der Waals surface area contributed by atoms with Crippen LogP contribution in [0.5, 0.6) is 0 Å². The molecule has 19 heavy (non-hydrogen) atoms. The Kier molecular flexibility index (Phi) is 4.13. The van der Waals surface area contributed by atoms with Gasteiger partial charge in [-0.2, -0.15) is 0 Å². The highest BCUT2D eigenvalue weighted by molar-refractivity contribution is 5.87. The van der Waals surface area contributed by atoms with Crippen LogP contribution in [0.4, 0.5) is 5.69 Å². The fraction of sp³-hybridized carbons (Fsp3) is 0.562. The maximum atomic E-state index is 12.4. The van der Waals surface area contributed by atoms with Gasteiger partial charge in [0, 0.05) is 17.6 Å². The molecular formula is C16H24N2O. The zero-order valence-electron chi connectivity index (χ0n) is 12.1. The van der Waals surface area contributed by atoms with Crippen molar-refractivity contribution in [2.75, 3.05) is 5.32 Å². The van der Waals surface area contributed by atoms with Gasteiger partial charge in [-0.05, 0) is 30.9 Å². The second-order valence-electron chi connectivity index (χ2n) is 5.39. The van der Waals surface area contributed by atoms with Crippen molar-refractivity contribution in [3.8, 4) is 0 Å². The van der Waals surface area contributed by atoms with Gasteiger partial charge in [0.15, 0.2) is 0 Å². The SMILES string of the molecule is CCC(CC)(CC)NC(=O)C1Cc2ccccc2N1. The second-order valence-corrected chi connectivity index (χ2v) is 5.39. The lowest BCUT2D eigenvalue weighted by Crippen LogP contribution is -2.52. The van der Waals surface area contributed by atoms with Gasteiger partial charge < -0.3 is 10.6 Å². The maximum absolute atomic E-state index is 12.4. The smallest absolute Gasteiger partial charge is 0.243 e. The summed E-state index contributed by atoms with van der Waals surface area (Å²) in [6.45, 7) is 6.43. The fourth-order valence-corrected chi connectivity index (χ4v) is 2.82. The summed E-state index contributed by atoms with van der Waals surface area (Å²) in [5, 5.41) is 6.57. The molecule has 1 atom stereocenters. The quantitative estimate of drug-likeness (QED) is 0.854. The van der Waals surface area contributed by atoms with Crippen LogP contribution in [0.15, 0.2) is 24.3 Å². The van der Waals surface area contributed by atoms with E-state index in [1.165, 1.54) is 5.56 Å². The van der Waals surface area contributed by atoms with Crippen molar-refractivity contribution in [2.45, 2.75) is 58.0 Å². The summed E-state index contributed by atoms with van der Waals surface area (Å²) >= 11 is 0. The fourth-order valence-electron chi connectivity index (χ4n) is 2.82. The monoisotopic (exact) mass is 260 g/mol. The third kappa shape index (κ3) is 2.75. The molecule has 0 fully saturated rings. The molecule has 0 aliphatic carbocycles. The van der Waals surface area contributed by atoms with Crippen LogP contribution in [0.25, 0.3) is 0 Å². The average Bonchev–Trinajstić information content (AvgIpc) is 2.89. The zero-order chi connectivity index (χ0) is 13.9. The number of para-hydroxylation sites is 1. The van der Waals surface area contributed by atoms with Crippen molar-refractivity contribution in [2.24, 2.45) is 0 Å². The largest absolute Gasteiger partial charge is 0.373 e. The molecule has 0 saturated carbocycles. The summed E-state index contributed by atoms with van der Waals surface area (Å²) in [6.07, 6.45) is 3.72. The first kappa shape index (κ1) is 13.9. The molecule has 1 aliphatic rings. The minimum Gasteiger partial charge on any atom is -0.373 e. The van der Waals surface area contributed by atoms with E-state index in [1.54, 1.807) is 0 Å². The van der Waals surface area contributed by atoms with E-state index in [0.29, 0.717) is 0 Å². The lowest BCUT2D eigenvalue weighted by Gasteiger charge is -2.33. The van der Waals surface area contributed by atoms with Crippen molar-refractivity contribution >= 4 is 11.6 Å². The number of nitrogens with one attached hydrogen (secondary N) is 2. The van der Waals surface area contributed by atoms with Crippen molar-refractivity contribution in [3.63, 3.8) is 0 Å². The highest BCUT2D eigenvalue weighted by Gasteiger charge is 2.32. The zero-order valence-corrected chi connectivity index (χ0v) is 12.1. The Morgan fingerprint density at radius 2 is 1.89 bits per heavy atom. The van der Waals surface area contributed by atoms with Gasteiger partial charge in [-0.3, -0.25) is 4.79 Å². The van der Waals surface area contributed by atoms with E-state index >= 15 is 0 Å². The third-order valence-electron chi connectivity index (χ3n) is 4.51. The van der Waals surface area contributed by atoms with Gasteiger partial charge >= 0.3 is 0 Å². The lowest BCUT2D eigenvalue weighted by molar-refractivity contribution is -0.123. The number of anilines is 1. The van der Waals surface area contributed by atoms with Crippen molar-refractivity contribution in [1.82, 2.24) is 5.32 Å². The van der Waals surface area contributed by atoms with E-state index in [2.05, 4.69) is 37.5 Å². The third-order valence-corrected chi connectivity index (χ3v) is 4.51. The number of rotatable bonds is 5. The highest BCUT2D eigenvalue weighted by atomic mass is 16.2. The number of hydrogen-bond donors (Lipinski definition) is 2. The molecule has 104 valence electrons. The summed E-state index contributed by atoms with van der Waals surface area (Å²) in [7, 11) is 0. The number of carbonyl (C=O) groups excluding carboxylic acids is 1. The molecule has 1 unspecified atom stereocenters. The molecule has 1 aliphatic heterocycles. The summed E-state index contributed by atoms with van der Waals surface area (Å²) in [5.74, 6) is 0.127. The minimum atomic E-state index is -0.124. The van der Waals surface area contributed by atoms with Crippen LogP contribution in [0.1, 0.15) is 45.6 Å². The topological polar surface area (TPSA) is 41.1 Å². The Labute approximate surface area is 115 Å². The molecule has 2 rings (SSSR count). The first-order valence-electron chi connectivity index (χ1n) is 7.30. The van der Waals surface area contributed by atoms with Gasteiger partial charge in [-0.15, -0.1) is 0 Å². The number of hydrogen-bond acceptors (Lipinski definition) is 2. The first-order chi connectivity index (χ1) is 9.14. The molecule has 0 radical (unpaired) electrons. The van der Waals surface area contributed by atoms with E-state index in [-0.39, 0.29) is 17.5 Å². The first-order valence-corrected chi connectivity index (χ1v) is 7.30. The lowest BCUT2D eigenvalue weighted by atomic mass is 9.89. The Hall–Kier alpha value is -1.51. The Balaban J connectivity index is 2.03. The van der Waals surface area contributed by atoms with Crippen LogP contribution in [-0.4, -0.2) is 17.5 Å². The van der Waals surface area contributed by atoms with Gasteiger partial charge in [0.25, 0.3) is 0 Å². The maximum Gasteiger partial charge on any atom is 0.243 e. The normalized spacial score (nSPS) is 17.7. The standard InChI is InChI=1S/C16H24N2O/c1-4-16(5-2,6-3)18-15(19)14-11-12-9-7-8-10-13(12)17-14/h7-10,14,17H,4-6,11H2,1-3H3,(H,18,19). The van der Waals surface area contributed by atoms with Gasteiger partial charge in [-0.1, -0.05) is 39.0 Å². The molecule has 0 aromatic heterocycles. The number of carbonyl (C=O) groups is 1. The molecule has 0 spiro atoms. The van der Waals surface area contributed by atoms with Crippen molar-refractivity contribution in [1.29, 1.82) is 0 Å². The van der Waals surface area contributed by atoms with Crippen LogP contribution in [0.2, 0.25) is 0 Å². The Bertz CT molecular complexity index is 419.